The molecule has 2 atom stereocenters. The van der Waals surface area contributed by atoms with E-state index in [0.29, 0.717) is 0 Å². The van der Waals surface area contributed by atoms with E-state index in [1.54, 1.807) is 6.07 Å². The highest BCUT2D eigenvalue weighted by Crippen LogP contribution is 2.21. The number of carboxylic acid groups (broad SMARTS) is 1. The van der Waals surface area contributed by atoms with E-state index < -0.39 is 24.1 Å². The molecule has 2 amide bonds. The van der Waals surface area contributed by atoms with Crippen molar-refractivity contribution in [2.24, 2.45) is 0 Å². The maximum Gasteiger partial charge on any atom is 0.328 e. The van der Waals surface area contributed by atoms with Crippen molar-refractivity contribution in [1.82, 2.24) is 10.6 Å². The zero-order chi connectivity index (χ0) is 11.7. The number of carboxylic acids is 1. The Labute approximate surface area is 92.5 Å². The molecular formula is C11H12N2O3. The third-order valence-electron chi connectivity index (χ3n) is 2.57. The number of benzene rings is 1. The molecule has 0 bridgehead atoms. The number of hydrogen-bond donors (Lipinski definition) is 3. The van der Waals surface area contributed by atoms with E-state index in [1.807, 2.05) is 25.1 Å². The summed E-state index contributed by atoms with van der Waals surface area (Å²) in [5.74, 6) is -1.04. The molecule has 1 aliphatic heterocycles. The van der Waals surface area contributed by atoms with Crippen molar-refractivity contribution in [3.63, 3.8) is 0 Å². The maximum absolute atomic E-state index is 11.1. The minimum atomic E-state index is -1.04. The van der Waals surface area contributed by atoms with E-state index in [1.165, 1.54) is 0 Å². The summed E-state index contributed by atoms with van der Waals surface area (Å²) in [7, 11) is 0. The fraction of sp³-hybridized carbons (Fsp3) is 0.273. The molecule has 1 aromatic rings. The number of rotatable bonds is 2. The van der Waals surface area contributed by atoms with Gasteiger partial charge in [-0.2, -0.15) is 0 Å². The summed E-state index contributed by atoms with van der Waals surface area (Å²) in [6.07, 6.45) is 0. The van der Waals surface area contributed by atoms with E-state index in [9.17, 15) is 9.59 Å². The number of aliphatic carboxylic acids is 1. The van der Waals surface area contributed by atoms with E-state index in [2.05, 4.69) is 10.6 Å². The third kappa shape index (κ3) is 1.84. The Morgan fingerprint density at radius 2 is 2.12 bits per heavy atom. The summed E-state index contributed by atoms with van der Waals surface area (Å²) >= 11 is 0. The summed E-state index contributed by atoms with van der Waals surface area (Å²) in [6, 6.07) is 5.57. The number of nitrogens with one attached hydrogen (secondary N) is 2. The molecule has 2 unspecified atom stereocenters. The minimum Gasteiger partial charge on any atom is -0.480 e. The molecular weight excluding hydrogens is 208 g/mol. The van der Waals surface area contributed by atoms with Crippen LogP contribution in [0.2, 0.25) is 0 Å². The zero-order valence-electron chi connectivity index (χ0n) is 8.73. The number of urea groups is 1. The van der Waals surface area contributed by atoms with E-state index >= 15 is 0 Å². The molecule has 1 aromatic carbocycles. The number of carbonyl (C=O) groups is 2. The largest absolute Gasteiger partial charge is 0.480 e. The van der Waals surface area contributed by atoms with Crippen molar-refractivity contribution in [3.8, 4) is 0 Å². The number of hydrogen-bond acceptors (Lipinski definition) is 2. The van der Waals surface area contributed by atoms with Gasteiger partial charge in [0.2, 0.25) is 0 Å². The molecule has 0 aromatic heterocycles. The normalized spacial score (nSPS) is 23.7. The summed E-state index contributed by atoms with van der Waals surface area (Å²) in [4.78, 5) is 22.1. The Morgan fingerprint density at radius 3 is 2.75 bits per heavy atom. The second-order valence-corrected chi connectivity index (χ2v) is 3.83. The number of aryl methyl sites for hydroxylation is 1. The van der Waals surface area contributed by atoms with Gasteiger partial charge in [-0.3, -0.25) is 0 Å². The lowest BCUT2D eigenvalue weighted by molar-refractivity contribution is -0.139. The Hall–Kier alpha value is -2.04. The molecule has 1 heterocycles. The van der Waals surface area contributed by atoms with Gasteiger partial charge in [0.25, 0.3) is 0 Å². The molecule has 0 aliphatic carbocycles. The second-order valence-electron chi connectivity index (χ2n) is 3.83. The highest BCUT2D eigenvalue weighted by atomic mass is 16.4. The zero-order valence-corrected chi connectivity index (χ0v) is 8.73. The first kappa shape index (κ1) is 10.5. The molecule has 84 valence electrons. The number of amides is 2. The highest BCUT2D eigenvalue weighted by molar-refractivity contribution is 5.87. The van der Waals surface area contributed by atoms with Gasteiger partial charge in [-0.15, -0.1) is 0 Å². The molecule has 0 spiro atoms. The van der Waals surface area contributed by atoms with Gasteiger partial charge < -0.3 is 15.7 Å². The van der Waals surface area contributed by atoms with Crippen LogP contribution < -0.4 is 10.6 Å². The van der Waals surface area contributed by atoms with Crippen LogP contribution >= 0.6 is 0 Å². The van der Waals surface area contributed by atoms with E-state index in [-0.39, 0.29) is 0 Å². The Kier molecular flexibility index (Phi) is 2.52. The molecule has 1 saturated heterocycles. The molecule has 0 saturated carbocycles. The standard InChI is InChI=1S/C11H12N2O3/c1-6-3-2-4-7(5-6)8-9(10(14)15)13-11(16)12-8/h2-5,8-9H,1H3,(H,14,15)(H2,12,13,16). The van der Waals surface area contributed by atoms with Crippen LogP contribution in [-0.2, 0) is 4.79 Å². The molecule has 2 rings (SSSR count). The first-order valence-electron chi connectivity index (χ1n) is 4.94. The first-order valence-corrected chi connectivity index (χ1v) is 4.94. The average molecular weight is 220 g/mol. The van der Waals surface area contributed by atoms with Crippen molar-refractivity contribution in [2.75, 3.05) is 0 Å². The van der Waals surface area contributed by atoms with Crippen LogP contribution in [0.1, 0.15) is 17.2 Å². The quantitative estimate of drug-likeness (QED) is 0.689. The molecule has 1 fully saturated rings. The summed E-state index contributed by atoms with van der Waals surface area (Å²) in [6.45, 7) is 1.92. The van der Waals surface area contributed by atoms with Crippen LogP contribution in [0.25, 0.3) is 0 Å². The van der Waals surface area contributed by atoms with Crippen LogP contribution in [0.4, 0.5) is 4.79 Å². The average Bonchev–Trinajstić information content (AvgIpc) is 2.60. The van der Waals surface area contributed by atoms with E-state index in [0.717, 1.165) is 11.1 Å². The van der Waals surface area contributed by atoms with Gasteiger partial charge in [-0.25, -0.2) is 9.59 Å². The Morgan fingerprint density at radius 1 is 1.38 bits per heavy atom. The van der Waals surface area contributed by atoms with Crippen molar-refractivity contribution >= 4 is 12.0 Å². The molecule has 5 nitrogen and oxygen atoms in total. The van der Waals surface area contributed by atoms with Gasteiger partial charge in [0.1, 0.15) is 0 Å². The topological polar surface area (TPSA) is 78.4 Å². The lowest BCUT2D eigenvalue weighted by atomic mass is 9.99. The monoisotopic (exact) mass is 220 g/mol. The van der Waals surface area contributed by atoms with Crippen molar-refractivity contribution in [3.05, 3.63) is 35.4 Å². The summed E-state index contributed by atoms with van der Waals surface area (Å²) in [5.41, 5.74) is 1.83. The van der Waals surface area contributed by atoms with Gasteiger partial charge in [-0.05, 0) is 12.5 Å². The predicted molar refractivity (Wildman–Crippen MR) is 57.0 cm³/mol. The SMILES string of the molecule is Cc1cccc(C2NC(=O)NC2C(=O)O)c1. The van der Waals surface area contributed by atoms with Gasteiger partial charge in [0.05, 0.1) is 6.04 Å². The highest BCUT2D eigenvalue weighted by Gasteiger charge is 2.37. The third-order valence-corrected chi connectivity index (χ3v) is 2.57. The molecule has 1 aliphatic rings. The lowest BCUT2D eigenvalue weighted by Gasteiger charge is -2.15. The van der Waals surface area contributed by atoms with Gasteiger partial charge >= 0.3 is 12.0 Å². The molecule has 16 heavy (non-hydrogen) atoms. The van der Waals surface area contributed by atoms with Crippen molar-refractivity contribution < 1.29 is 14.7 Å². The van der Waals surface area contributed by atoms with Crippen molar-refractivity contribution in [1.29, 1.82) is 0 Å². The lowest BCUT2D eigenvalue weighted by Crippen LogP contribution is -2.35. The number of carbonyl (C=O) groups excluding carboxylic acids is 1. The summed E-state index contributed by atoms with van der Waals surface area (Å²) < 4.78 is 0. The fourth-order valence-corrected chi connectivity index (χ4v) is 1.83. The Bertz CT molecular complexity index is 445. The Balaban J connectivity index is 2.32. The second kappa shape index (κ2) is 3.84. The fourth-order valence-electron chi connectivity index (χ4n) is 1.83. The smallest absolute Gasteiger partial charge is 0.328 e. The molecule has 5 heteroatoms. The van der Waals surface area contributed by atoms with Crippen LogP contribution in [0.15, 0.2) is 24.3 Å². The first-order chi connectivity index (χ1) is 7.58. The molecule has 0 radical (unpaired) electrons. The predicted octanol–water partition coefficient (Wildman–Crippen LogP) is 0.802. The van der Waals surface area contributed by atoms with Gasteiger partial charge in [0, 0.05) is 0 Å². The molecule has 3 N–H and O–H groups in total. The summed E-state index contributed by atoms with van der Waals surface area (Å²) in [5, 5.41) is 13.9. The van der Waals surface area contributed by atoms with Crippen LogP contribution in [0.3, 0.4) is 0 Å². The van der Waals surface area contributed by atoms with Crippen molar-refractivity contribution in [2.45, 2.75) is 19.0 Å². The van der Waals surface area contributed by atoms with Crippen LogP contribution in [0.5, 0.6) is 0 Å². The van der Waals surface area contributed by atoms with Gasteiger partial charge in [0.15, 0.2) is 6.04 Å². The minimum absolute atomic E-state index is 0.445. The van der Waals surface area contributed by atoms with Crippen LogP contribution in [-0.4, -0.2) is 23.1 Å². The van der Waals surface area contributed by atoms with Crippen LogP contribution in [0, 0.1) is 6.92 Å². The van der Waals surface area contributed by atoms with Gasteiger partial charge in [-0.1, -0.05) is 29.8 Å². The van der Waals surface area contributed by atoms with E-state index in [4.69, 9.17) is 5.11 Å². The maximum atomic E-state index is 11.1.